The van der Waals surface area contributed by atoms with E-state index >= 15 is 0 Å². The van der Waals surface area contributed by atoms with Crippen molar-refractivity contribution in [2.45, 2.75) is 0 Å². The molecule has 58 valence electrons. The molecule has 0 aliphatic heterocycles. The molecule has 12 heavy (non-hydrogen) atoms. The average molecular weight is 331 g/mol. The van der Waals surface area contributed by atoms with Crippen molar-refractivity contribution >= 4 is 14.1 Å². The fraction of sp³-hybridized carbons (Fsp3) is 0.143. The second kappa shape index (κ2) is 10.4. The van der Waals surface area contributed by atoms with Gasteiger partial charge < -0.3 is 5.32 Å². The summed E-state index contributed by atoms with van der Waals surface area (Å²) in [6.07, 6.45) is 0.476. The minimum absolute atomic E-state index is 0. The summed E-state index contributed by atoms with van der Waals surface area (Å²) in [7, 11) is 0.129. The molecule has 0 amide bonds. The molecule has 1 aromatic rings. The molecule has 2 nitrogen and oxygen atoms in total. The van der Waals surface area contributed by atoms with Crippen LogP contribution in [0.1, 0.15) is 0 Å². The average Bonchev–Trinajstić information content (AvgIpc) is 2.03. The number of para-hydroxylation sites is 1. The van der Waals surface area contributed by atoms with E-state index < -0.39 is 0 Å². The molecule has 0 bridgehead atoms. The molecule has 0 atom stereocenters. The first kappa shape index (κ1) is 15.8. The van der Waals surface area contributed by atoms with Crippen LogP contribution in [0.3, 0.4) is 0 Å². The monoisotopic (exact) mass is 331 g/mol. The van der Waals surface area contributed by atoms with Crippen LogP contribution in [-0.4, -0.2) is 6.29 Å². The number of nitrogens with one attached hydrogen (secondary N) is 1. The van der Waals surface area contributed by atoms with Crippen molar-refractivity contribution in [1.82, 2.24) is 0 Å². The van der Waals surface area contributed by atoms with Crippen molar-refractivity contribution < 1.29 is 70.0 Å². The first-order chi connectivity index (χ1) is 4.93. The van der Waals surface area contributed by atoms with Gasteiger partial charge in [-0.3, -0.25) is 4.57 Å². The summed E-state index contributed by atoms with van der Waals surface area (Å²) in [6, 6.07) is 9.69. The van der Waals surface area contributed by atoms with Gasteiger partial charge >= 0.3 is 0 Å². The van der Waals surface area contributed by atoms with Crippen LogP contribution in [0.25, 0.3) is 0 Å². The van der Waals surface area contributed by atoms with Gasteiger partial charge in [-0.2, -0.15) is 0 Å². The molecule has 5 heteroatoms. The zero-order valence-electron chi connectivity index (χ0n) is 6.60. The van der Waals surface area contributed by atoms with Gasteiger partial charge in [0.25, 0.3) is 0 Å². The molecule has 2 radical (unpaired) electrons. The molecule has 0 spiro atoms. The van der Waals surface area contributed by atoms with Gasteiger partial charge in [-0.15, -0.1) is 0 Å². The normalized spacial score (nSPS) is 8.00. The number of anilines is 1. The van der Waals surface area contributed by atoms with Crippen LogP contribution >= 0.6 is 8.46 Å². The van der Waals surface area contributed by atoms with Crippen LogP contribution in [0.5, 0.6) is 0 Å². The number of rotatable bonds is 3. The molecule has 1 aromatic carbocycles. The van der Waals surface area contributed by atoms with Gasteiger partial charge in [0.05, 0.1) is 6.29 Å². The summed E-state index contributed by atoms with van der Waals surface area (Å²) in [5, 5.41) is 2.97. The van der Waals surface area contributed by atoms with E-state index in [1.165, 1.54) is 0 Å². The van der Waals surface area contributed by atoms with E-state index in [-0.39, 0.29) is 73.9 Å². The Morgan fingerprint density at radius 3 is 2.25 bits per heavy atom. The predicted molar refractivity (Wildman–Crippen MR) is 42.5 cm³/mol. The SMILES string of the molecule is O=PCNc1ccccc1.[Y].[Y]. The Kier molecular flexibility index (Phi) is 13.7. The number of hydrogen-bond donors (Lipinski definition) is 1. The fourth-order valence-electron chi connectivity index (χ4n) is 0.680. The smallest absolute Gasteiger partial charge is 0.176 e. The Hall–Kier alpha value is 1.33. The van der Waals surface area contributed by atoms with Crippen molar-refractivity contribution in [3.63, 3.8) is 0 Å². The van der Waals surface area contributed by atoms with E-state index in [0.717, 1.165) is 5.69 Å². The van der Waals surface area contributed by atoms with Crippen molar-refractivity contribution in [3.05, 3.63) is 30.3 Å². The minimum Gasteiger partial charge on any atom is -0.374 e. The largest absolute Gasteiger partial charge is 0.374 e. The first-order valence-electron chi connectivity index (χ1n) is 3.01. The molecule has 1 rings (SSSR count). The van der Waals surface area contributed by atoms with Crippen LogP contribution in [0, 0.1) is 0 Å². The van der Waals surface area contributed by atoms with Gasteiger partial charge in [-0.1, -0.05) is 18.2 Å². The van der Waals surface area contributed by atoms with E-state index in [4.69, 9.17) is 0 Å². The fourth-order valence-corrected chi connectivity index (χ4v) is 0.927. The van der Waals surface area contributed by atoms with E-state index in [1.54, 1.807) is 0 Å². The Bertz CT molecular complexity index is 208. The molecule has 0 unspecified atom stereocenters. The zero-order chi connectivity index (χ0) is 7.23. The first-order valence-corrected chi connectivity index (χ1v) is 4.01. The van der Waals surface area contributed by atoms with Crippen LogP contribution in [0.4, 0.5) is 5.69 Å². The molecule has 1 N–H and O–H groups in total. The predicted octanol–water partition coefficient (Wildman–Crippen LogP) is 2.34. The molecule has 0 saturated carbocycles. The Morgan fingerprint density at radius 2 is 1.75 bits per heavy atom. The van der Waals surface area contributed by atoms with E-state index in [9.17, 15) is 4.57 Å². The molecule has 0 aliphatic rings. The standard InChI is InChI=1S/C7H8NOP.2Y/c9-10-6-8-7-4-2-1-3-5-7;;/h1-5,8H,6H2;;. The summed E-state index contributed by atoms with van der Waals surface area (Å²) < 4.78 is 10.0. The summed E-state index contributed by atoms with van der Waals surface area (Å²) >= 11 is 0. The van der Waals surface area contributed by atoms with Crippen molar-refractivity contribution in [3.8, 4) is 0 Å². The van der Waals surface area contributed by atoms with Gasteiger partial charge in [0.1, 0.15) is 0 Å². The topological polar surface area (TPSA) is 29.1 Å². The zero-order valence-corrected chi connectivity index (χ0v) is 13.2. The van der Waals surface area contributed by atoms with Crippen LogP contribution in [0.15, 0.2) is 30.3 Å². The maximum absolute atomic E-state index is 10.0. The molecular weight excluding hydrogens is 323 g/mol. The maximum atomic E-state index is 10.0. The van der Waals surface area contributed by atoms with Crippen LogP contribution in [-0.2, 0) is 70.0 Å². The summed E-state index contributed by atoms with van der Waals surface area (Å²) in [6.45, 7) is 0. The molecule has 0 saturated heterocycles. The van der Waals surface area contributed by atoms with Gasteiger partial charge in [-0.25, -0.2) is 0 Å². The van der Waals surface area contributed by atoms with Gasteiger partial charge in [0, 0.05) is 71.1 Å². The molecule has 0 heterocycles. The molecular formula is C7H8NOPY2. The van der Waals surface area contributed by atoms with Crippen LogP contribution < -0.4 is 5.32 Å². The number of benzene rings is 1. The van der Waals surface area contributed by atoms with E-state index in [1.807, 2.05) is 30.3 Å². The third kappa shape index (κ3) is 6.80. The van der Waals surface area contributed by atoms with Crippen molar-refractivity contribution in [1.29, 1.82) is 0 Å². The second-order valence-corrected chi connectivity index (χ2v) is 2.40. The third-order valence-corrected chi connectivity index (χ3v) is 1.41. The quantitative estimate of drug-likeness (QED) is 0.862. The Morgan fingerprint density at radius 1 is 1.17 bits per heavy atom. The molecule has 0 fully saturated rings. The van der Waals surface area contributed by atoms with E-state index in [2.05, 4.69) is 5.32 Å². The second-order valence-electron chi connectivity index (χ2n) is 1.83. The minimum atomic E-state index is 0. The van der Waals surface area contributed by atoms with E-state index in [0.29, 0.717) is 6.29 Å². The molecule has 0 aromatic heterocycles. The summed E-state index contributed by atoms with van der Waals surface area (Å²) in [4.78, 5) is 0. The Balaban J connectivity index is 0. The third-order valence-electron chi connectivity index (χ3n) is 1.12. The van der Waals surface area contributed by atoms with Crippen LogP contribution in [0.2, 0.25) is 0 Å². The van der Waals surface area contributed by atoms with Crippen molar-refractivity contribution in [2.24, 2.45) is 0 Å². The summed E-state index contributed by atoms with van der Waals surface area (Å²) in [5.41, 5.74) is 1.01. The van der Waals surface area contributed by atoms with Crippen molar-refractivity contribution in [2.75, 3.05) is 11.6 Å². The van der Waals surface area contributed by atoms with Gasteiger partial charge in [0.15, 0.2) is 8.46 Å². The maximum Gasteiger partial charge on any atom is 0.176 e. The summed E-state index contributed by atoms with van der Waals surface area (Å²) in [5.74, 6) is 0. The number of hydrogen-bond acceptors (Lipinski definition) is 2. The van der Waals surface area contributed by atoms with Gasteiger partial charge in [-0.05, 0) is 12.1 Å². The Labute approximate surface area is 124 Å². The molecule has 0 aliphatic carbocycles. The van der Waals surface area contributed by atoms with Gasteiger partial charge in [0.2, 0.25) is 0 Å².